The number of nitrogens with zero attached hydrogens (tertiary/aromatic N) is 1. The summed E-state index contributed by atoms with van der Waals surface area (Å²) in [6.07, 6.45) is 1.98. The summed E-state index contributed by atoms with van der Waals surface area (Å²) in [5.74, 6) is -0.406. The van der Waals surface area contributed by atoms with Crippen LogP contribution < -0.4 is 10.6 Å². The number of aryl methyl sites for hydroxylation is 2. The van der Waals surface area contributed by atoms with E-state index in [1.54, 1.807) is 12.1 Å². The van der Waals surface area contributed by atoms with Crippen LogP contribution in [0.1, 0.15) is 41.9 Å². The molecule has 1 amide bonds. The number of allylic oxidation sites excluding steroid dienone is 3. The summed E-state index contributed by atoms with van der Waals surface area (Å²) in [7, 11) is 0. The Balaban J connectivity index is 1.59. The summed E-state index contributed by atoms with van der Waals surface area (Å²) in [5, 5.41) is 17.5. The number of anilines is 1. The molecular weight excluding hydrogens is 454 g/mol. The lowest BCUT2D eigenvalue weighted by Crippen LogP contribution is -2.31. The Kier molecular flexibility index (Phi) is 6.92. The van der Waals surface area contributed by atoms with Gasteiger partial charge < -0.3 is 10.6 Å². The fourth-order valence-corrected chi connectivity index (χ4v) is 5.17. The first-order chi connectivity index (χ1) is 15.9. The Hall–Kier alpha value is -3.01. The third kappa shape index (κ3) is 5.00. The average molecular weight is 478 g/mol. The molecule has 2 aromatic rings. The molecule has 1 atom stereocenters. The van der Waals surface area contributed by atoms with Crippen molar-refractivity contribution >= 4 is 40.7 Å². The van der Waals surface area contributed by atoms with Crippen LogP contribution in [0.4, 0.5) is 5.69 Å². The van der Waals surface area contributed by atoms with Crippen LogP contribution >= 0.6 is 23.4 Å². The van der Waals surface area contributed by atoms with Gasteiger partial charge in [0.1, 0.15) is 0 Å². The van der Waals surface area contributed by atoms with Gasteiger partial charge in [-0.1, -0.05) is 41.6 Å². The highest BCUT2D eigenvalue weighted by Crippen LogP contribution is 2.44. The SMILES string of the molecule is Cc1ccc(NC(=O)CSC2=C(C#N)C(c3ccc(Cl)cc3)C3=C(CCCC3=O)N2)cc1C. The van der Waals surface area contributed by atoms with Crippen LogP contribution in [0.3, 0.4) is 0 Å². The molecule has 2 aromatic carbocycles. The number of nitrogens with one attached hydrogen (secondary N) is 2. The van der Waals surface area contributed by atoms with Gasteiger partial charge in [0.05, 0.1) is 28.3 Å². The lowest BCUT2D eigenvalue weighted by Gasteiger charge is -2.33. The summed E-state index contributed by atoms with van der Waals surface area (Å²) in [6.45, 7) is 4.03. The molecule has 0 spiro atoms. The van der Waals surface area contributed by atoms with Crippen molar-refractivity contribution in [2.24, 2.45) is 0 Å². The Morgan fingerprint density at radius 2 is 1.94 bits per heavy atom. The first-order valence-corrected chi connectivity index (χ1v) is 12.2. The minimum absolute atomic E-state index is 0.0629. The summed E-state index contributed by atoms with van der Waals surface area (Å²) in [6, 6.07) is 15.4. The minimum Gasteiger partial charge on any atom is -0.352 e. The van der Waals surface area contributed by atoms with Gasteiger partial charge in [0.2, 0.25) is 5.91 Å². The van der Waals surface area contributed by atoms with E-state index in [4.69, 9.17) is 11.6 Å². The van der Waals surface area contributed by atoms with Gasteiger partial charge in [-0.3, -0.25) is 9.59 Å². The second-order valence-electron chi connectivity index (χ2n) is 8.27. The number of hydrogen-bond donors (Lipinski definition) is 2. The van der Waals surface area contributed by atoms with Gasteiger partial charge >= 0.3 is 0 Å². The monoisotopic (exact) mass is 477 g/mol. The maximum absolute atomic E-state index is 12.8. The molecule has 0 bridgehead atoms. The first kappa shape index (κ1) is 23.2. The molecule has 0 radical (unpaired) electrons. The average Bonchev–Trinajstić information content (AvgIpc) is 2.80. The Morgan fingerprint density at radius 1 is 1.18 bits per heavy atom. The van der Waals surface area contributed by atoms with E-state index in [0.717, 1.165) is 40.9 Å². The van der Waals surface area contributed by atoms with Crippen molar-refractivity contribution in [2.75, 3.05) is 11.1 Å². The van der Waals surface area contributed by atoms with E-state index in [1.165, 1.54) is 11.8 Å². The number of ketones is 1. The molecular formula is C26H24ClN3O2S. The molecule has 0 fully saturated rings. The number of Topliss-reactive ketones (excluding diaryl/α,β-unsaturated/α-hetero) is 1. The topological polar surface area (TPSA) is 82.0 Å². The summed E-state index contributed by atoms with van der Waals surface area (Å²) < 4.78 is 0. The predicted molar refractivity (Wildman–Crippen MR) is 133 cm³/mol. The number of amides is 1. The van der Waals surface area contributed by atoms with Gasteiger partial charge in [-0.05, 0) is 67.6 Å². The molecule has 4 rings (SSSR count). The van der Waals surface area contributed by atoms with Crippen LogP contribution in [-0.4, -0.2) is 17.4 Å². The van der Waals surface area contributed by atoms with Crippen LogP contribution in [0.15, 0.2) is 64.3 Å². The Morgan fingerprint density at radius 3 is 2.64 bits per heavy atom. The molecule has 7 heteroatoms. The molecule has 2 aliphatic rings. The van der Waals surface area contributed by atoms with Crippen molar-refractivity contribution < 1.29 is 9.59 Å². The summed E-state index contributed by atoms with van der Waals surface area (Å²) >= 11 is 7.35. The molecule has 33 heavy (non-hydrogen) atoms. The summed E-state index contributed by atoms with van der Waals surface area (Å²) in [4.78, 5) is 25.5. The van der Waals surface area contributed by atoms with E-state index in [2.05, 4.69) is 16.7 Å². The predicted octanol–water partition coefficient (Wildman–Crippen LogP) is 5.76. The van der Waals surface area contributed by atoms with E-state index in [1.807, 2.05) is 44.2 Å². The minimum atomic E-state index is -0.457. The number of hydrogen-bond acceptors (Lipinski definition) is 5. The highest BCUT2D eigenvalue weighted by Gasteiger charge is 2.37. The van der Waals surface area contributed by atoms with E-state index >= 15 is 0 Å². The lowest BCUT2D eigenvalue weighted by molar-refractivity contribution is -0.116. The van der Waals surface area contributed by atoms with Gasteiger partial charge in [0.25, 0.3) is 0 Å². The standard InChI is InChI=1S/C26H24ClN3O2S/c1-15-6-11-19(12-16(15)2)29-23(32)14-33-26-20(13-28)24(17-7-9-18(27)10-8-17)25-21(30-26)4-3-5-22(25)31/h6-12,24,30H,3-5,14H2,1-2H3,(H,29,32). The smallest absolute Gasteiger partial charge is 0.234 e. The molecule has 0 aromatic heterocycles. The van der Waals surface area contributed by atoms with Gasteiger partial charge in [-0.2, -0.15) is 5.26 Å². The van der Waals surface area contributed by atoms with Crippen molar-refractivity contribution in [3.05, 3.63) is 86.0 Å². The molecule has 5 nitrogen and oxygen atoms in total. The number of dihydropyridines is 1. The molecule has 1 aliphatic heterocycles. The quantitative estimate of drug-likeness (QED) is 0.572. The third-order valence-corrected chi connectivity index (χ3v) is 7.27. The molecule has 1 heterocycles. The lowest BCUT2D eigenvalue weighted by atomic mass is 9.77. The molecule has 1 aliphatic carbocycles. The third-order valence-electron chi connectivity index (χ3n) is 6.00. The van der Waals surface area contributed by atoms with Gasteiger partial charge in [0.15, 0.2) is 5.78 Å². The molecule has 0 saturated carbocycles. The van der Waals surface area contributed by atoms with Crippen molar-refractivity contribution in [3.63, 3.8) is 0 Å². The number of nitriles is 1. The van der Waals surface area contributed by atoms with Crippen LogP contribution in [0.5, 0.6) is 0 Å². The first-order valence-electron chi connectivity index (χ1n) is 10.8. The zero-order valence-electron chi connectivity index (χ0n) is 18.5. The zero-order valence-corrected chi connectivity index (χ0v) is 20.1. The zero-order chi connectivity index (χ0) is 23.5. The largest absolute Gasteiger partial charge is 0.352 e. The van der Waals surface area contributed by atoms with Crippen LogP contribution in [0.2, 0.25) is 5.02 Å². The number of thioether (sulfide) groups is 1. The maximum Gasteiger partial charge on any atom is 0.234 e. The van der Waals surface area contributed by atoms with E-state index in [-0.39, 0.29) is 17.4 Å². The second kappa shape index (κ2) is 9.86. The fraction of sp³-hybridized carbons (Fsp3) is 0.269. The van der Waals surface area contributed by atoms with Crippen LogP contribution in [-0.2, 0) is 9.59 Å². The van der Waals surface area contributed by atoms with Gasteiger partial charge in [-0.25, -0.2) is 0 Å². The normalized spacial score (nSPS) is 17.9. The second-order valence-corrected chi connectivity index (χ2v) is 9.69. The Bertz CT molecular complexity index is 1230. The highest BCUT2D eigenvalue weighted by molar-refractivity contribution is 8.03. The maximum atomic E-state index is 12.8. The number of rotatable bonds is 5. The fourth-order valence-electron chi connectivity index (χ4n) is 4.18. The highest BCUT2D eigenvalue weighted by atomic mass is 35.5. The van der Waals surface area contributed by atoms with Crippen LogP contribution in [0, 0.1) is 25.2 Å². The number of carbonyl (C=O) groups is 2. The number of carbonyl (C=O) groups excluding carboxylic acids is 2. The van der Waals surface area contributed by atoms with E-state index < -0.39 is 5.92 Å². The molecule has 1 unspecified atom stereocenters. The van der Waals surface area contributed by atoms with Crippen molar-refractivity contribution in [1.82, 2.24) is 5.32 Å². The van der Waals surface area contributed by atoms with Gasteiger partial charge in [-0.15, -0.1) is 0 Å². The molecule has 0 saturated heterocycles. The number of halogens is 1. The van der Waals surface area contributed by atoms with Gasteiger partial charge in [0, 0.05) is 28.4 Å². The van der Waals surface area contributed by atoms with Crippen molar-refractivity contribution in [2.45, 2.75) is 39.0 Å². The van der Waals surface area contributed by atoms with E-state index in [9.17, 15) is 14.9 Å². The molecule has 2 N–H and O–H groups in total. The van der Waals surface area contributed by atoms with Crippen molar-refractivity contribution in [1.29, 1.82) is 5.26 Å². The number of benzene rings is 2. The Labute approximate surface area is 202 Å². The summed E-state index contributed by atoms with van der Waals surface area (Å²) in [5.41, 5.74) is 5.82. The van der Waals surface area contributed by atoms with Crippen molar-refractivity contribution in [3.8, 4) is 6.07 Å². The van der Waals surface area contributed by atoms with E-state index in [0.29, 0.717) is 27.6 Å². The molecule has 168 valence electrons. The van der Waals surface area contributed by atoms with Crippen LogP contribution in [0.25, 0.3) is 0 Å².